The highest BCUT2D eigenvalue weighted by Crippen LogP contribution is 2.40. The standard InChI is InChI=1S/C19H12ClF4N3O3/c1-9-4-10(21)2-3-15(9)30-16-7-13(19(22,23)24)14(20)6-12(16)18(29)26-11-5-17(28)27-25-8-11/h2-8H,1H3,(H2,26,27,28,29)/i1D3. The number of ether oxygens (including phenoxy) is 1. The van der Waals surface area contributed by atoms with Gasteiger partial charge >= 0.3 is 6.18 Å². The summed E-state index contributed by atoms with van der Waals surface area (Å²) in [5, 5.41) is 6.97. The van der Waals surface area contributed by atoms with Gasteiger partial charge in [-0.25, -0.2) is 9.49 Å². The van der Waals surface area contributed by atoms with Crippen molar-refractivity contribution < 1.29 is 31.2 Å². The fourth-order valence-electron chi connectivity index (χ4n) is 2.39. The zero-order chi connectivity index (χ0) is 24.6. The van der Waals surface area contributed by atoms with Gasteiger partial charge in [0.1, 0.15) is 17.3 Å². The summed E-state index contributed by atoms with van der Waals surface area (Å²) >= 11 is 5.72. The van der Waals surface area contributed by atoms with Gasteiger partial charge in [0.15, 0.2) is 0 Å². The Kier molecular flexibility index (Phi) is 4.74. The number of halogens is 5. The lowest BCUT2D eigenvalue weighted by Gasteiger charge is -2.17. The molecule has 0 aliphatic heterocycles. The van der Waals surface area contributed by atoms with Crippen LogP contribution in [0.3, 0.4) is 0 Å². The number of aryl methyl sites for hydroxylation is 1. The van der Waals surface area contributed by atoms with Gasteiger partial charge < -0.3 is 10.1 Å². The number of carbonyl (C=O) groups is 1. The highest BCUT2D eigenvalue weighted by molar-refractivity contribution is 6.32. The summed E-state index contributed by atoms with van der Waals surface area (Å²) in [4.78, 5) is 24.1. The van der Waals surface area contributed by atoms with E-state index in [9.17, 15) is 27.2 Å². The Bertz CT molecular complexity index is 1280. The van der Waals surface area contributed by atoms with E-state index in [-0.39, 0.29) is 5.69 Å². The number of aromatic nitrogens is 2. The van der Waals surface area contributed by atoms with Crippen molar-refractivity contribution in [2.75, 3.05) is 5.32 Å². The van der Waals surface area contributed by atoms with E-state index in [0.29, 0.717) is 18.2 Å². The molecule has 0 unspecified atom stereocenters. The molecular weight excluding hydrogens is 430 g/mol. The second kappa shape index (κ2) is 8.15. The van der Waals surface area contributed by atoms with Crippen LogP contribution in [-0.2, 0) is 6.18 Å². The minimum atomic E-state index is -4.93. The molecule has 30 heavy (non-hydrogen) atoms. The largest absolute Gasteiger partial charge is 0.456 e. The van der Waals surface area contributed by atoms with Crippen LogP contribution in [0.5, 0.6) is 11.5 Å². The Hall–Kier alpha value is -3.40. The van der Waals surface area contributed by atoms with Gasteiger partial charge in [0, 0.05) is 10.2 Å². The molecule has 1 heterocycles. The fraction of sp³-hybridized carbons (Fsp3) is 0.105. The van der Waals surface area contributed by atoms with E-state index in [2.05, 4.69) is 15.5 Å². The van der Waals surface area contributed by atoms with Crippen molar-refractivity contribution in [3.05, 3.63) is 80.5 Å². The summed E-state index contributed by atoms with van der Waals surface area (Å²) in [6, 6.07) is 4.44. The molecule has 6 nitrogen and oxygen atoms in total. The van der Waals surface area contributed by atoms with Crippen LogP contribution in [0.1, 0.15) is 25.6 Å². The van der Waals surface area contributed by atoms with Crippen LogP contribution in [0.25, 0.3) is 0 Å². The second-order valence-corrected chi connectivity index (χ2v) is 6.26. The summed E-state index contributed by atoms with van der Waals surface area (Å²) in [5.41, 5.74) is -3.25. The molecule has 2 aromatic carbocycles. The van der Waals surface area contributed by atoms with Gasteiger partial charge in [0.2, 0.25) is 0 Å². The van der Waals surface area contributed by atoms with Crippen molar-refractivity contribution in [3.8, 4) is 11.5 Å². The van der Waals surface area contributed by atoms with Crippen molar-refractivity contribution in [2.45, 2.75) is 13.0 Å². The third-order valence-electron chi connectivity index (χ3n) is 3.70. The molecule has 0 saturated heterocycles. The molecular formula is C19H12ClF4N3O3. The normalized spacial score (nSPS) is 13.2. The summed E-state index contributed by atoms with van der Waals surface area (Å²) in [6.45, 7) is -2.88. The molecule has 0 aliphatic carbocycles. The van der Waals surface area contributed by atoms with Crippen LogP contribution >= 0.6 is 11.6 Å². The first-order valence-corrected chi connectivity index (χ1v) is 8.38. The van der Waals surface area contributed by atoms with E-state index >= 15 is 0 Å². The summed E-state index contributed by atoms with van der Waals surface area (Å²) in [5.74, 6) is -3.16. The molecule has 1 amide bonds. The minimum absolute atomic E-state index is 0.0873. The number of hydrogen-bond acceptors (Lipinski definition) is 4. The van der Waals surface area contributed by atoms with Crippen LogP contribution < -0.4 is 15.6 Å². The fourth-order valence-corrected chi connectivity index (χ4v) is 2.66. The first kappa shape index (κ1) is 17.5. The Morgan fingerprint density at radius 2 is 2.00 bits per heavy atom. The molecule has 0 bridgehead atoms. The van der Waals surface area contributed by atoms with E-state index in [0.717, 1.165) is 24.4 Å². The van der Waals surface area contributed by atoms with Gasteiger partial charge in [-0.1, -0.05) is 11.6 Å². The maximum Gasteiger partial charge on any atom is 0.417 e. The Morgan fingerprint density at radius 3 is 2.67 bits per heavy atom. The average Bonchev–Trinajstić information content (AvgIpc) is 2.68. The van der Waals surface area contributed by atoms with Crippen LogP contribution in [-0.4, -0.2) is 16.1 Å². The lowest BCUT2D eigenvalue weighted by molar-refractivity contribution is -0.137. The predicted molar refractivity (Wildman–Crippen MR) is 100 cm³/mol. The molecule has 1 aromatic heterocycles. The molecule has 0 spiro atoms. The lowest BCUT2D eigenvalue weighted by atomic mass is 10.1. The number of carbonyl (C=O) groups excluding carboxylic acids is 1. The number of nitrogens with one attached hydrogen (secondary N) is 2. The molecule has 11 heteroatoms. The minimum Gasteiger partial charge on any atom is -0.456 e. The third-order valence-corrected chi connectivity index (χ3v) is 4.02. The van der Waals surface area contributed by atoms with Crippen molar-refractivity contribution in [1.29, 1.82) is 0 Å². The summed E-state index contributed by atoms with van der Waals surface area (Å²) < 4.78 is 81.7. The summed E-state index contributed by atoms with van der Waals surface area (Å²) in [7, 11) is 0. The monoisotopic (exact) mass is 444 g/mol. The number of hydrogen-bond donors (Lipinski definition) is 2. The smallest absolute Gasteiger partial charge is 0.417 e. The molecule has 0 atom stereocenters. The number of alkyl halides is 3. The number of amides is 1. The van der Waals surface area contributed by atoms with Gasteiger partial charge in [-0.15, -0.1) is 0 Å². The zero-order valence-electron chi connectivity index (χ0n) is 17.6. The van der Waals surface area contributed by atoms with Crippen LogP contribution in [0.15, 0.2) is 47.4 Å². The van der Waals surface area contributed by atoms with Crippen LogP contribution in [0.2, 0.25) is 5.02 Å². The van der Waals surface area contributed by atoms with Gasteiger partial charge in [-0.05, 0) is 42.7 Å². The molecule has 0 radical (unpaired) electrons. The maximum atomic E-state index is 13.6. The van der Waals surface area contributed by atoms with Crippen molar-refractivity contribution in [2.24, 2.45) is 0 Å². The van der Waals surface area contributed by atoms with E-state index < -0.39 is 63.5 Å². The average molecular weight is 445 g/mol. The Labute approximate surface area is 175 Å². The molecule has 3 rings (SSSR count). The van der Waals surface area contributed by atoms with Crippen LogP contribution in [0.4, 0.5) is 23.2 Å². The van der Waals surface area contributed by atoms with Gasteiger partial charge in [-0.3, -0.25) is 9.59 Å². The van der Waals surface area contributed by atoms with Crippen molar-refractivity contribution in [1.82, 2.24) is 10.2 Å². The topological polar surface area (TPSA) is 84.1 Å². The van der Waals surface area contributed by atoms with Gasteiger partial charge in [-0.2, -0.15) is 18.3 Å². The molecule has 156 valence electrons. The Balaban J connectivity index is 2.13. The number of benzene rings is 2. The second-order valence-electron chi connectivity index (χ2n) is 5.86. The van der Waals surface area contributed by atoms with E-state index in [1.54, 1.807) is 0 Å². The highest BCUT2D eigenvalue weighted by atomic mass is 35.5. The molecule has 0 fully saturated rings. The Morgan fingerprint density at radius 1 is 1.23 bits per heavy atom. The highest BCUT2D eigenvalue weighted by Gasteiger charge is 2.35. The van der Waals surface area contributed by atoms with Crippen molar-refractivity contribution in [3.63, 3.8) is 0 Å². The zero-order valence-corrected chi connectivity index (χ0v) is 15.4. The van der Waals surface area contributed by atoms with E-state index in [1.165, 1.54) is 0 Å². The first-order chi connectivity index (χ1) is 15.3. The number of rotatable bonds is 4. The molecule has 0 aliphatic rings. The molecule has 2 N–H and O–H groups in total. The third kappa shape index (κ3) is 4.77. The van der Waals surface area contributed by atoms with E-state index in [1.807, 2.05) is 0 Å². The lowest BCUT2D eigenvalue weighted by Crippen LogP contribution is -2.17. The van der Waals surface area contributed by atoms with E-state index in [4.69, 9.17) is 20.5 Å². The quantitative estimate of drug-likeness (QED) is 0.559. The maximum absolute atomic E-state index is 13.6. The number of H-pyrrole nitrogens is 1. The van der Waals surface area contributed by atoms with Crippen LogP contribution in [0, 0.1) is 12.7 Å². The van der Waals surface area contributed by atoms with Crippen molar-refractivity contribution >= 4 is 23.2 Å². The first-order valence-electron chi connectivity index (χ1n) is 9.50. The van der Waals surface area contributed by atoms with Gasteiger partial charge in [0.25, 0.3) is 11.5 Å². The predicted octanol–water partition coefficient (Wildman–Crippen LogP) is 4.93. The molecule has 0 saturated carbocycles. The number of aromatic amines is 1. The van der Waals surface area contributed by atoms with Gasteiger partial charge in [0.05, 0.1) is 28.0 Å². The number of nitrogens with zero attached hydrogens (tertiary/aromatic N) is 1. The summed E-state index contributed by atoms with van der Waals surface area (Å²) in [6.07, 6.45) is -3.87. The molecule has 3 aromatic rings. The SMILES string of the molecule is [2H]C([2H])([2H])c1cc(F)ccc1Oc1cc(C(F)(F)F)c(Cl)cc1C(=O)Nc1cn[nH]c(=O)c1. The number of anilines is 1.